The first-order valence-corrected chi connectivity index (χ1v) is 10.4. The summed E-state index contributed by atoms with van der Waals surface area (Å²) in [5.41, 5.74) is 3.14. The van der Waals surface area contributed by atoms with Crippen molar-refractivity contribution < 1.29 is 9.00 Å². The van der Waals surface area contributed by atoms with E-state index < -0.39 is 10.8 Å². The van der Waals surface area contributed by atoms with Gasteiger partial charge in [-0.2, -0.15) is 0 Å². The molecule has 0 bridgehead atoms. The topological polar surface area (TPSA) is 62.6 Å². The summed E-state index contributed by atoms with van der Waals surface area (Å²) < 4.78 is 12.2. The fourth-order valence-corrected chi connectivity index (χ4v) is 3.67. The van der Waals surface area contributed by atoms with Gasteiger partial charge in [0, 0.05) is 45.6 Å². The summed E-state index contributed by atoms with van der Waals surface area (Å²) in [5, 5.41) is 0. The van der Waals surface area contributed by atoms with Crippen LogP contribution >= 0.6 is 15.9 Å². The normalized spacial score (nSPS) is 15.4. The maximum atomic E-state index is 12.6. The van der Waals surface area contributed by atoms with Crippen LogP contribution in [0.15, 0.2) is 52.1 Å². The van der Waals surface area contributed by atoms with Gasteiger partial charge in [0.05, 0.1) is 17.1 Å². The Balaban J connectivity index is 2.02. The number of hydrogen-bond donors (Lipinski definition) is 0. The molecule has 5 nitrogen and oxygen atoms in total. The molecule has 1 amide bonds. The average Bonchev–Trinajstić information content (AvgIpc) is 2.72. The molecule has 0 fully saturated rings. The van der Waals surface area contributed by atoms with Crippen molar-refractivity contribution in [1.29, 1.82) is 0 Å². The molecule has 130 valence electrons. The van der Waals surface area contributed by atoms with Crippen LogP contribution in [-0.4, -0.2) is 45.9 Å². The van der Waals surface area contributed by atoms with Crippen molar-refractivity contribution in [2.24, 2.45) is 4.99 Å². The van der Waals surface area contributed by atoms with Crippen molar-refractivity contribution in [1.82, 2.24) is 4.98 Å². The van der Waals surface area contributed by atoms with Gasteiger partial charge in [0.15, 0.2) is 0 Å². The standard InChI is InChI=1S/C18H18BrN3O2S/c1-25(24)10-4-9-22-16-7-6-13(19)11-14(16)18(21-12-17(22)23)15-5-2-3-8-20-15/h2-3,5-8,11H,4,9-10,12H2,1H3. The van der Waals surface area contributed by atoms with E-state index >= 15 is 0 Å². The van der Waals surface area contributed by atoms with E-state index in [0.717, 1.165) is 21.4 Å². The molecule has 7 heteroatoms. The van der Waals surface area contributed by atoms with Crippen LogP contribution in [-0.2, 0) is 15.6 Å². The molecule has 0 N–H and O–H groups in total. The van der Waals surface area contributed by atoms with Crippen molar-refractivity contribution in [3.8, 4) is 0 Å². The van der Waals surface area contributed by atoms with Crippen LogP contribution < -0.4 is 4.90 Å². The average molecular weight is 420 g/mol. The Bertz CT molecular complexity index is 839. The van der Waals surface area contributed by atoms with Gasteiger partial charge in [-0.05, 0) is 36.8 Å². The molecule has 25 heavy (non-hydrogen) atoms. The van der Waals surface area contributed by atoms with Crippen LogP contribution in [0.25, 0.3) is 0 Å². The largest absolute Gasteiger partial charge is 0.310 e. The first kappa shape index (κ1) is 17.9. The van der Waals surface area contributed by atoms with Gasteiger partial charge in [0.1, 0.15) is 6.54 Å². The number of aliphatic imine (C=N–C) groups is 1. The molecular weight excluding hydrogens is 402 g/mol. The number of carbonyl (C=O) groups is 1. The quantitative estimate of drug-likeness (QED) is 0.748. The number of amides is 1. The van der Waals surface area contributed by atoms with Crippen LogP contribution in [0.4, 0.5) is 5.69 Å². The molecule has 2 heterocycles. The van der Waals surface area contributed by atoms with Gasteiger partial charge in [0.2, 0.25) is 5.91 Å². The molecule has 2 aromatic rings. The number of pyridine rings is 1. The molecule has 1 aliphatic heterocycles. The number of carbonyl (C=O) groups excluding carboxylic acids is 1. The maximum absolute atomic E-state index is 12.6. The van der Waals surface area contributed by atoms with Crippen molar-refractivity contribution in [2.45, 2.75) is 6.42 Å². The minimum Gasteiger partial charge on any atom is -0.310 e. The molecule has 0 radical (unpaired) electrons. The summed E-state index contributed by atoms with van der Waals surface area (Å²) in [7, 11) is -0.868. The molecule has 1 aliphatic rings. The van der Waals surface area contributed by atoms with Gasteiger partial charge in [-0.3, -0.25) is 19.0 Å². The second-order valence-corrected chi connectivity index (χ2v) is 8.19. The zero-order chi connectivity index (χ0) is 17.8. The minimum atomic E-state index is -0.868. The van der Waals surface area contributed by atoms with Crippen molar-refractivity contribution >= 4 is 44.0 Å². The number of aromatic nitrogens is 1. The molecule has 1 atom stereocenters. The second kappa shape index (κ2) is 8.01. The Kier molecular flexibility index (Phi) is 5.75. The third-order valence-electron chi connectivity index (χ3n) is 3.90. The first-order valence-electron chi connectivity index (χ1n) is 7.92. The van der Waals surface area contributed by atoms with Gasteiger partial charge < -0.3 is 4.90 Å². The lowest BCUT2D eigenvalue weighted by molar-refractivity contribution is -0.117. The fraction of sp³-hybridized carbons (Fsp3) is 0.278. The number of hydrogen-bond acceptors (Lipinski definition) is 4. The second-order valence-electron chi connectivity index (χ2n) is 5.72. The van der Waals surface area contributed by atoms with Crippen molar-refractivity contribution in [3.63, 3.8) is 0 Å². The van der Waals surface area contributed by atoms with Gasteiger partial charge in [-0.15, -0.1) is 0 Å². The van der Waals surface area contributed by atoms with E-state index in [4.69, 9.17) is 0 Å². The molecule has 0 aliphatic carbocycles. The number of halogens is 1. The number of benzene rings is 1. The third kappa shape index (κ3) is 4.22. The van der Waals surface area contributed by atoms with Crippen molar-refractivity contribution in [2.75, 3.05) is 30.0 Å². The van der Waals surface area contributed by atoms with Crippen molar-refractivity contribution in [3.05, 3.63) is 58.3 Å². The van der Waals surface area contributed by atoms with E-state index in [0.29, 0.717) is 24.4 Å². The highest BCUT2D eigenvalue weighted by molar-refractivity contribution is 9.10. The number of benzodiazepines with no additional fused rings is 1. The lowest BCUT2D eigenvalue weighted by Crippen LogP contribution is -2.34. The van der Waals surface area contributed by atoms with Gasteiger partial charge in [-0.25, -0.2) is 0 Å². The highest BCUT2D eigenvalue weighted by Crippen LogP contribution is 2.29. The zero-order valence-corrected chi connectivity index (χ0v) is 16.2. The number of anilines is 1. The Hall–Kier alpha value is -1.86. The van der Waals surface area contributed by atoms with E-state index in [1.807, 2.05) is 36.4 Å². The lowest BCUT2D eigenvalue weighted by Gasteiger charge is -2.23. The SMILES string of the molecule is CS(=O)CCCN1C(=O)CN=C(c2ccccn2)c2cc(Br)ccc21. The van der Waals surface area contributed by atoms with Gasteiger partial charge in [0.25, 0.3) is 0 Å². The Morgan fingerprint density at radius 1 is 1.28 bits per heavy atom. The van der Waals surface area contributed by atoms with Crippen LogP contribution in [0.3, 0.4) is 0 Å². The van der Waals surface area contributed by atoms with E-state index in [1.165, 1.54) is 0 Å². The number of fused-ring (bicyclic) bond motifs is 1. The first-order chi connectivity index (χ1) is 12.1. The molecule has 1 unspecified atom stereocenters. The van der Waals surface area contributed by atoms with Crippen LogP contribution in [0.2, 0.25) is 0 Å². The van der Waals surface area contributed by atoms with Crippen LogP contribution in [0, 0.1) is 0 Å². The van der Waals surface area contributed by atoms with Gasteiger partial charge in [-0.1, -0.05) is 22.0 Å². The molecular formula is C18H18BrN3O2S. The Morgan fingerprint density at radius 3 is 2.84 bits per heavy atom. The van der Waals surface area contributed by atoms with Crippen LogP contribution in [0.1, 0.15) is 17.7 Å². The monoisotopic (exact) mass is 419 g/mol. The summed E-state index contributed by atoms with van der Waals surface area (Å²) in [6, 6.07) is 11.5. The number of rotatable bonds is 5. The summed E-state index contributed by atoms with van der Waals surface area (Å²) in [5.74, 6) is 0.514. The summed E-state index contributed by atoms with van der Waals surface area (Å²) in [6.07, 6.45) is 4.08. The lowest BCUT2D eigenvalue weighted by atomic mass is 10.0. The van der Waals surface area contributed by atoms with Crippen LogP contribution in [0.5, 0.6) is 0 Å². The fourth-order valence-electron chi connectivity index (χ4n) is 2.78. The minimum absolute atomic E-state index is 0.0589. The molecule has 0 saturated carbocycles. The number of nitrogens with zero attached hydrogens (tertiary/aromatic N) is 3. The third-order valence-corrected chi connectivity index (χ3v) is 5.26. The summed E-state index contributed by atoms with van der Waals surface area (Å²) >= 11 is 3.50. The molecule has 0 saturated heterocycles. The van der Waals surface area contributed by atoms with E-state index in [1.54, 1.807) is 17.4 Å². The van der Waals surface area contributed by atoms with E-state index in [2.05, 4.69) is 25.9 Å². The van der Waals surface area contributed by atoms with E-state index in [-0.39, 0.29) is 12.5 Å². The maximum Gasteiger partial charge on any atom is 0.248 e. The van der Waals surface area contributed by atoms with Gasteiger partial charge >= 0.3 is 0 Å². The molecule has 1 aromatic carbocycles. The predicted molar refractivity (Wildman–Crippen MR) is 105 cm³/mol. The molecule has 3 rings (SSSR count). The summed E-state index contributed by atoms with van der Waals surface area (Å²) in [4.78, 5) is 23.3. The molecule has 0 spiro atoms. The van der Waals surface area contributed by atoms with E-state index in [9.17, 15) is 9.00 Å². The highest BCUT2D eigenvalue weighted by Gasteiger charge is 2.25. The summed E-state index contributed by atoms with van der Waals surface area (Å²) in [6.45, 7) is 0.603. The predicted octanol–water partition coefficient (Wildman–Crippen LogP) is 2.80. The molecule has 1 aromatic heterocycles. The Morgan fingerprint density at radius 2 is 2.12 bits per heavy atom. The smallest absolute Gasteiger partial charge is 0.248 e. The highest BCUT2D eigenvalue weighted by atomic mass is 79.9. The zero-order valence-electron chi connectivity index (χ0n) is 13.8. The Labute approximate surface area is 157 Å².